The zero-order valence-corrected chi connectivity index (χ0v) is 17.0. The Labute approximate surface area is 183 Å². The minimum Gasteiger partial charge on any atom is -0.390 e. The number of non-ortho nitro benzene ring substituents is 1. The SMILES string of the molecule is NC=Nc1cc(C2(c3ccc(Nc4ncnc5ccc([N+](=O)[O-])cc45)cc3)CC2)ccn1. The van der Waals surface area contributed by atoms with E-state index in [2.05, 4.69) is 37.4 Å². The van der Waals surface area contributed by atoms with Crippen molar-refractivity contribution in [2.75, 3.05) is 5.32 Å². The molecule has 2 heterocycles. The highest BCUT2D eigenvalue weighted by Crippen LogP contribution is 2.53. The van der Waals surface area contributed by atoms with Crippen LogP contribution in [0.3, 0.4) is 0 Å². The molecular formula is C23H19N7O2. The zero-order valence-electron chi connectivity index (χ0n) is 17.0. The molecule has 0 bridgehead atoms. The Morgan fingerprint density at radius 2 is 1.84 bits per heavy atom. The average Bonchev–Trinajstić information content (AvgIpc) is 3.62. The van der Waals surface area contributed by atoms with Gasteiger partial charge in [-0.15, -0.1) is 0 Å². The zero-order chi connectivity index (χ0) is 22.1. The van der Waals surface area contributed by atoms with Gasteiger partial charge in [0.15, 0.2) is 5.82 Å². The van der Waals surface area contributed by atoms with E-state index >= 15 is 0 Å². The van der Waals surface area contributed by atoms with Crippen LogP contribution < -0.4 is 11.1 Å². The van der Waals surface area contributed by atoms with Crippen LogP contribution in [-0.2, 0) is 5.41 Å². The summed E-state index contributed by atoms with van der Waals surface area (Å²) in [6, 6.07) is 16.7. The summed E-state index contributed by atoms with van der Waals surface area (Å²) in [5.41, 5.74) is 9.21. The smallest absolute Gasteiger partial charge is 0.270 e. The van der Waals surface area contributed by atoms with Gasteiger partial charge in [-0.25, -0.2) is 19.9 Å². The number of nitro groups is 1. The number of hydrogen-bond donors (Lipinski definition) is 2. The molecule has 5 rings (SSSR count). The second-order valence-corrected chi connectivity index (χ2v) is 7.65. The molecule has 1 aliphatic rings. The molecule has 0 radical (unpaired) electrons. The lowest BCUT2D eigenvalue weighted by Gasteiger charge is -2.17. The molecule has 9 heteroatoms. The summed E-state index contributed by atoms with van der Waals surface area (Å²) in [6.45, 7) is 0. The maximum absolute atomic E-state index is 11.2. The van der Waals surface area contributed by atoms with Gasteiger partial charge in [-0.2, -0.15) is 0 Å². The van der Waals surface area contributed by atoms with Crippen molar-refractivity contribution in [2.24, 2.45) is 10.7 Å². The fourth-order valence-electron chi connectivity index (χ4n) is 4.00. The molecule has 2 aromatic heterocycles. The van der Waals surface area contributed by atoms with Crippen molar-refractivity contribution in [1.29, 1.82) is 0 Å². The predicted octanol–water partition coefficient (Wildman–Crippen LogP) is 4.38. The fourth-order valence-corrected chi connectivity index (χ4v) is 4.00. The van der Waals surface area contributed by atoms with Crippen molar-refractivity contribution in [3.63, 3.8) is 0 Å². The Kier molecular flexibility index (Phi) is 4.70. The van der Waals surface area contributed by atoms with Gasteiger partial charge in [-0.3, -0.25) is 10.1 Å². The number of nitrogens with two attached hydrogens (primary N) is 1. The van der Waals surface area contributed by atoms with Crippen LogP contribution in [0.2, 0.25) is 0 Å². The lowest BCUT2D eigenvalue weighted by atomic mass is 9.88. The van der Waals surface area contributed by atoms with Crippen LogP contribution in [0.15, 0.2) is 72.1 Å². The second kappa shape index (κ2) is 7.69. The Morgan fingerprint density at radius 1 is 1.03 bits per heavy atom. The third kappa shape index (κ3) is 3.49. The molecule has 1 aliphatic carbocycles. The molecule has 0 unspecified atom stereocenters. The van der Waals surface area contributed by atoms with Gasteiger partial charge in [-0.1, -0.05) is 12.1 Å². The number of benzene rings is 2. The average molecular weight is 425 g/mol. The van der Waals surface area contributed by atoms with Gasteiger partial charge in [0.2, 0.25) is 0 Å². The first-order valence-corrected chi connectivity index (χ1v) is 10.1. The highest BCUT2D eigenvalue weighted by atomic mass is 16.6. The van der Waals surface area contributed by atoms with Crippen molar-refractivity contribution in [3.05, 3.63) is 88.4 Å². The summed E-state index contributed by atoms with van der Waals surface area (Å²) in [6.07, 6.45) is 6.55. The summed E-state index contributed by atoms with van der Waals surface area (Å²) < 4.78 is 0. The Hall–Kier alpha value is -4.40. The van der Waals surface area contributed by atoms with Crippen LogP contribution >= 0.6 is 0 Å². The second-order valence-electron chi connectivity index (χ2n) is 7.65. The number of nitrogens with one attached hydrogen (secondary N) is 1. The molecule has 4 aromatic rings. The van der Waals surface area contributed by atoms with Gasteiger partial charge in [0.1, 0.15) is 12.1 Å². The monoisotopic (exact) mass is 425 g/mol. The van der Waals surface area contributed by atoms with E-state index in [1.807, 2.05) is 24.3 Å². The largest absolute Gasteiger partial charge is 0.390 e. The number of aromatic nitrogens is 3. The van der Waals surface area contributed by atoms with Gasteiger partial charge in [-0.05, 0) is 54.3 Å². The van der Waals surface area contributed by atoms with Gasteiger partial charge in [0.05, 0.1) is 16.8 Å². The number of hydrogen-bond acceptors (Lipinski definition) is 7. The van der Waals surface area contributed by atoms with E-state index in [9.17, 15) is 10.1 Å². The standard InChI is InChI=1S/C23H19N7O2/c24-13-26-21-11-16(7-10-25-21)23(8-9-23)15-1-3-17(4-2-15)29-22-19-12-18(30(31)32)5-6-20(19)27-14-28-22/h1-7,10-14H,8-9H2,(H2,24,25,26)(H,27,28,29). The van der Waals surface area contributed by atoms with E-state index < -0.39 is 4.92 Å². The first kappa shape index (κ1) is 19.6. The van der Waals surface area contributed by atoms with E-state index in [1.165, 1.54) is 35.9 Å². The number of pyridine rings is 1. The first-order valence-electron chi connectivity index (χ1n) is 10.1. The van der Waals surface area contributed by atoms with E-state index in [0.29, 0.717) is 22.5 Å². The van der Waals surface area contributed by atoms with Crippen LogP contribution in [0.1, 0.15) is 24.0 Å². The number of nitrogens with zero attached hydrogens (tertiary/aromatic N) is 5. The number of nitro benzene ring substituents is 1. The third-order valence-electron chi connectivity index (χ3n) is 5.78. The summed E-state index contributed by atoms with van der Waals surface area (Å²) in [5.74, 6) is 1.12. The third-order valence-corrected chi connectivity index (χ3v) is 5.78. The predicted molar refractivity (Wildman–Crippen MR) is 123 cm³/mol. The molecule has 0 aliphatic heterocycles. The molecule has 3 N–H and O–H groups in total. The number of rotatable bonds is 6. The van der Waals surface area contributed by atoms with Gasteiger partial charge in [0, 0.05) is 34.8 Å². The Bertz CT molecular complexity index is 1350. The van der Waals surface area contributed by atoms with Crippen molar-refractivity contribution < 1.29 is 4.92 Å². The maximum Gasteiger partial charge on any atom is 0.270 e. The van der Waals surface area contributed by atoms with E-state index in [1.54, 1.807) is 12.3 Å². The van der Waals surface area contributed by atoms with E-state index in [4.69, 9.17) is 5.73 Å². The van der Waals surface area contributed by atoms with Crippen LogP contribution in [-0.4, -0.2) is 26.2 Å². The summed E-state index contributed by atoms with van der Waals surface area (Å²) in [5, 5.41) is 15.0. The van der Waals surface area contributed by atoms with Gasteiger partial charge in [0.25, 0.3) is 5.69 Å². The van der Waals surface area contributed by atoms with Crippen molar-refractivity contribution in [1.82, 2.24) is 15.0 Å². The molecule has 1 saturated carbocycles. The molecule has 0 saturated heterocycles. The number of fused-ring (bicyclic) bond motifs is 1. The van der Waals surface area contributed by atoms with Crippen LogP contribution in [0.5, 0.6) is 0 Å². The number of anilines is 2. The van der Waals surface area contributed by atoms with E-state index in [-0.39, 0.29) is 11.1 Å². The molecule has 0 atom stereocenters. The van der Waals surface area contributed by atoms with Gasteiger partial charge >= 0.3 is 0 Å². The molecule has 2 aromatic carbocycles. The van der Waals surface area contributed by atoms with Crippen molar-refractivity contribution in [2.45, 2.75) is 18.3 Å². The van der Waals surface area contributed by atoms with Crippen LogP contribution in [0.25, 0.3) is 10.9 Å². The molecule has 158 valence electrons. The fraction of sp³-hybridized carbons (Fsp3) is 0.130. The number of aliphatic imine (C=N–C) groups is 1. The summed E-state index contributed by atoms with van der Waals surface area (Å²) >= 11 is 0. The highest BCUT2D eigenvalue weighted by molar-refractivity contribution is 5.92. The maximum atomic E-state index is 11.2. The Morgan fingerprint density at radius 3 is 2.56 bits per heavy atom. The quantitative estimate of drug-likeness (QED) is 0.203. The minimum absolute atomic E-state index is 0.00272. The molecule has 0 spiro atoms. The molecule has 32 heavy (non-hydrogen) atoms. The highest BCUT2D eigenvalue weighted by Gasteiger charge is 2.45. The molecule has 0 amide bonds. The van der Waals surface area contributed by atoms with E-state index in [0.717, 1.165) is 18.5 Å². The normalized spacial score (nSPS) is 14.5. The first-order chi connectivity index (χ1) is 15.6. The molecule has 9 nitrogen and oxygen atoms in total. The van der Waals surface area contributed by atoms with Crippen molar-refractivity contribution in [3.8, 4) is 0 Å². The summed E-state index contributed by atoms with van der Waals surface area (Å²) in [7, 11) is 0. The summed E-state index contributed by atoms with van der Waals surface area (Å²) in [4.78, 5) is 27.5. The molecular weight excluding hydrogens is 406 g/mol. The van der Waals surface area contributed by atoms with Gasteiger partial charge < -0.3 is 11.1 Å². The Balaban J connectivity index is 1.43. The minimum atomic E-state index is -0.427. The lowest BCUT2D eigenvalue weighted by molar-refractivity contribution is -0.384. The van der Waals surface area contributed by atoms with Crippen LogP contribution in [0, 0.1) is 10.1 Å². The lowest BCUT2D eigenvalue weighted by Crippen LogP contribution is -2.09. The van der Waals surface area contributed by atoms with Crippen molar-refractivity contribution >= 4 is 40.3 Å². The molecule has 1 fully saturated rings. The topological polar surface area (TPSA) is 132 Å². The van der Waals surface area contributed by atoms with Crippen LogP contribution in [0.4, 0.5) is 23.0 Å².